The van der Waals surface area contributed by atoms with Crippen LogP contribution in [0.1, 0.15) is 33.2 Å². The van der Waals surface area contributed by atoms with Crippen LogP contribution in [-0.4, -0.2) is 30.6 Å². The Balaban J connectivity index is 1.44. The lowest BCUT2D eigenvalue weighted by atomic mass is 9.98. The standard InChI is InChI=1S/C28H19F5N2O4S2/c29-22-12-17-7-9-19(34-24(17)13-23(22)30)8-5-16-6-10-25-21(11-16)27(20-4-2-1-3-18(20)14-39-25)40-15-26(36)35-41(37,38)28(31,32)33/h1-13,27H,14-15H2,(H,35,36)/b8-5+. The molecule has 1 atom stereocenters. The molecule has 0 radical (unpaired) electrons. The van der Waals surface area contributed by atoms with Gasteiger partial charge in [0.1, 0.15) is 12.4 Å². The largest absolute Gasteiger partial charge is 0.516 e. The first kappa shape index (κ1) is 28.6. The second kappa shape index (κ2) is 11.1. The highest BCUT2D eigenvalue weighted by molar-refractivity contribution is 8.00. The molecule has 2 heterocycles. The molecule has 1 unspecified atom stereocenters. The molecule has 1 amide bonds. The van der Waals surface area contributed by atoms with Gasteiger partial charge >= 0.3 is 15.5 Å². The number of rotatable bonds is 6. The number of sulfonamides is 1. The third-order valence-corrected chi connectivity index (χ3v) is 8.55. The molecule has 3 aromatic carbocycles. The van der Waals surface area contributed by atoms with Crippen LogP contribution in [0.15, 0.2) is 66.7 Å². The molecule has 1 aromatic heterocycles. The van der Waals surface area contributed by atoms with Crippen molar-refractivity contribution in [1.29, 1.82) is 0 Å². The molecule has 1 aliphatic heterocycles. The summed E-state index contributed by atoms with van der Waals surface area (Å²) in [4.78, 5) is 16.6. The Bertz CT molecular complexity index is 1790. The molecular weight excluding hydrogens is 587 g/mol. The van der Waals surface area contributed by atoms with E-state index in [1.165, 1.54) is 0 Å². The molecule has 0 saturated heterocycles. The first-order valence-corrected chi connectivity index (χ1v) is 14.5. The molecule has 0 fully saturated rings. The summed E-state index contributed by atoms with van der Waals surface area (Å²) in [6.45, 7) is 0.211. The number of halogens is 5. The van der Waals surface area contributed by atoms with E-state index in [1.807, 2.05) is 6.07 Å². The highest BCUT2D eigenvalue weighted by Crippen LogP contribution is 2.44. The minimum atomic E-state index is -5.83. The van der Waals surface area contributed by atoms with Crippen LogP contribution in [0.25, 0.3) is 23.1 Å². The summed E-state index contributed by atoms with van der Waals surface area (Å²) in [5.41, 5.74) is -1.99. The topological polar surface area (TPSA) is 85.4 Å². The van der Waals surface area contributed by atoms with Crippen molar-refractivity contribution in [3.8, 4) is 5.75 Å². The summed E-state index contributed by atoms with van der Waals surface area (Å²) >= 11 is 0.956. The number of alkyl halides is 3. The smallest absolute Gasteiger partial charge is 0.489 e. The molecule has 0 spiro atoms. The number of nitrogens with zero attached hydrogens (tertiary/aromatic N) is 1. The van der Waals surface area contributed by atoms with Crippen molar-refractivity contribution in [3.63, 3.8) is 0 Å². The summed E-state index contributed by atoms with van der Waals surface area (Å²) in [5, 5.41) is -0.137. The van der Waals surface area contributed by atoms with Gasteiger partial charge in [-0.3, -0.25) is 4.79 Å². The summed E-state index contributed by atoms with van der Waals surface area (Å²) in [6.07, 6.45) is 3.40. The van der Waals surface area contributed by atoms with Gasteiger partial charge in [-0.1, -0.05) is 42.5 Å². The van der Waals surface area contributed by atoms with Gasteiger partial charge in [-0.15, -0.1) is 11.8 Å². The van der Waals surface area contributed by atoms with Crippen molar-refractivity contribution in [3.05, 3.63) is 106 Å². The summed E-state index contributed by atoms with van der Waals surface area (Å²) < 4.78 is 95.1. The highest BCUT2D eigenvalue weighted by Gasteiger charge is 2.47. The van der Waals surface area contributed by atoms with Crippen molar-refractivity contribution < 1.29 is 39.9 Å². The molecule has 41 heavy (non-hydrogen) atoms. The van der Waals surface area contributed by atoms with Crippen LogP contribution in [0, 0.1) is 11.6 Å². The summed E-state index contributed by atoms with van der Waals surface area (Å²) in [7, 11) is -5.83. The number of ether oxygens (including phenoxy) is 1. The lowest BCUT2D eigenvalue weighted by Crippen LogP contribution is -2.41. The number of carbonyl (C=O) groups is 1. The van der Waals surface area contributed by atoms with Crippen molar-refractivity contribution >= 4 is 50.7 Å². The zero-order chi connectivity index (χ0) is 29.4. The maximum atomic E-state index is 13.7. The number of hydrogen-bond donors (Lipinski definition) is 1. The van der Waals surface area contributed by atoms with Crippen LogP contribution in [0.5, 0.6) is 5.75 Å². The van der Waals surface area contributed by atoms with E-state index in [1.54, 1.807) is 60.7 Å². The van der Waals surface area contributed by atoms with Gasteiger partial charge in [-0.05, 0) is 47.0 Å². The van der Waals surface area contributed by atoms with Crippen molar-refractivity contribution in [2.45, 2.75) is 17.4 Å². The zero-order valence-electron chi connectivity index (χ0n) is 20.8. The number of thioether (sulfide) groups is 1. The average Bonchev–Trinajstić information content (AvgIpc) is 3.07. The second-order valence-corrected chi connectivity index (χ2v) is 11.7. The minimum Gasteiger partial charge on any atom is -0.489 e. The maximum absolute atomic E-state index is 13.7. The van der Waals surface area contributed by atoms with Crippen molar-refractivity contribution in [2.24, 2.45) is 0 Å². The molecule has 5 rings (SSSR count). The molecule has 6 nitrogen and oxygen atoms in total. The first-order valence-electron chi connectivity index (χ1n) is 11.9. The van der Waals surface area contributed by atoms with E-state index >= 15 is 0 Å². The van der Waals surface area contributed by atoms with Gasteiger partial charge < -0.3 is 4.74 Å². The van der Waals surface area contributed by atoms with Gasteiger partial charge in [0.15, 0.2) is 11.6 Å². The number of pyridine rings is 1. The molecule has 0 saturated carbocycles. The number of fused-ring (bicyclic) bond motifs is 3. The Morgan fingerprint density at radius 2 is 1.76 bits per heavy atom. The molecule has 0 bridgehead atoms. The first-order chi connectivity index (χ1) is 19.4. The van der Waals surface area contributed by atoms with E-state index in [9.17, 15) is 35.2 Å². The van der Waals surface area contributed by atoms with Crippen LogP contribution in [0.4, 0.5) is 22.0 Å². The van der Waals surface area contributed by atoms with E-state index in [4.69, 9.17) is 4.74 Å². The molecule has 4 aromatic rings. The predicted molar refractivity (Wildman–Crippen MR) is 145 cm³/mol. The van der Waals surface area contributed by atoms with Gasteiger partial charge in [-0.2, -0.15) is 21.6 Å². The van der Waals surface area contributed by atoms with E-state index in [0.29, 0.717) is 28.0 Å². The predicted octanol–water partition coefficient (Wildman–Crippen LogP) is 6.36. The summed E-state index contributed by atoms with van der Waals surface area (Å²) in [5.74, 6) is -3.38. The Morgan fingerprint density at radius 3 is 2.54 bits per heavy atom. The van der Waals surface area contributed by atoms with Gasteiger partial charge in [0.05, 0.1) is 22.2 Å². The lowest BCUT2D eigenvalue weighted by Gasteiger charge is -2.19. The van der Waals surface area contributed by atoms with Crippen LogP contribution >= 0.6 is 11.8 Å². The van der Waals surface area contributed by atoms with Crippen molar-refractivity contribution in [2.75, 3.05) is 5.75 Å². The van der Waals surface area contributed by atoms with Gasteiger partial charge in [-0.25, -0.2) is 18.5 Å². The minimum absolute atomic E-state index is 0.211. The number of amides is 1. The fourth-order valence-electron chi connectivity index (χ4n) is 4.24. The Kier molecular flexibility index (Phi) is 7.75. The van der Waals surface area contributed by atoms with Crippen molar-refractivity contribution in [1.82, 2.24) is 9.71 Å². The lowest BCUT2D eigenvalue weighted by molar-refractivity contribution is -0.117. The molecule has 1 aliphatic rings. The number of hydrogen-bond acceptors (Lipinski definition) is 6. The van der Waals surface area contributed by atoms with Gasteiger partial charge in [0.25, 0.3) is 0 Å². The zero-order valence-corrected chi connectivity index (χ0v) is 22.4. The van der Waals surface area contributed by atoms with Crippen LogP contribution in [0.2, 0.25) is 0 Å². The Morgan fingerprint density at radius 1 is 1.00 bits per heavy atom. The number of nitrogens with one attached hydrogen (secondary N) is 1. The average molecular weight is 607 g/mol. The number of aromatic nitrogens is 1. The number of benzene rings is 3. The number of carbonyl (C=O) groups excluding carboxylic acids is 1. The normalized spacial score (nSPS) is 15.2. The van der Waals surface area contributed by atoms with Crippen LogP contribution in [0.3, 0.4) is 0 Å². The maximum Gasteiger partial charge on any atom is 0.516 e. The van der Waals surface area contributed by atoms with Gasteiger partial charge in [0.2, 0.25) is 5.91 Å². The fraction of sp³-hybridized carbons (Fsp3) is 0.143. The quantitative estimate of drug-likeness (QED) is 0.257. The van der Waals surface area contributed by atoms with Gasteiger partial charge in [0, 0.05) is 17.0 Å². The SMILES string of the molecule is O=C(CSC1c2ccccc2COc2ccc(/C=C/c3ccc4cc(F)c(F)cc4n3)cc21)NS(=O)(=O)C(F)(F)F. The Hall–Kier alpha value is -3.97. The van der Waals surface area contributed by atoms with E-state index < -0.39 is 44.1 Å². The van der Waals surface area contributed by atoms with E-state index in [2.05, 4.69) is 4.98 Å². The fourth-order valence-corrected chi connectivity index (χ4v) is 5.98. The molecule has 212 valence electrons. The summed E-state index contributed by atoms with van der Waals surface area (Å²) in [6, 6.07) is 17.8. The van der Waals surface area contributed by atoms with Crippen LogP contribution in [-0.2, 0) is 21.4 Å². The second-order valence-electron chi connectivity index (χ2n) is 8.98. The third kappa shape index (κ3) is 6.20. The molecule has 0 aliphatic carbocycles. The molecular formula is C28H19F5N2O4S2. The molecule has 13 heteroatoms. The molecule has 1 N–H and O–H groups in total. The van der Waals surface area contributed by atoms with Crippen LogP contribution < -0.4 is 9.46 Å². The third-order valence-electron chi connectivity index (χ3n) is 6.17. The van der Waals surface area contributed by atoms with E-state index in [-0.39, 0.29) is 12.1 Å². The van der Waals surface area contributed by atoms with E-state index in [0.717, 1.165) is 39.7 Å². The Labute approximate surface area is 235 Å². The highest BCUT2D eigenvalue weighted by atomic mass is 32.2. The monoisotopic (exact) mass is 606 g/mol.